The number of ether oxygens (including phenoxy) is 2. The Morgan fingerprint density at radius 1 is 1.05 bits per heavy atom. The molecule has 3 nitrogen and oxygen atoms in total. The van der Waals surface area contributed by atoms with Crippen molar-refractivity contribution in [2.75, 3.05) is 7.11 Å². The van der Waals surface area contributed by atoms with Crippen LogP contribution in [0.15, 0.2) is 36.4 Å². The average molecular weight is 275 g/mol. The summed E-state index contributed by atoms with van der Waals surface area (Å²) in [6, 6.07) is 10.2. The highest BCUT2D eigenvalue weighted by Crippen LogP contribution is 2.28. The molecule has 0 fully saturated rings. The summed E-state index contributed by atoms with van der Waals surface area (Å²) in [5.74, 6) is 0.998. The molecule has 2 N–H and O–H groups in total. The molecule has 0 aromatic heterocycles. The van der Waals surface area contributed by atoms with E-state index in [1.54, 1.807) is 13.2 Å². The second kappa shape index (κ2) is 6.39. The van der Waals surface area contributed by atoms with Gasteiger partial charge in [0.05, 0.1) is 7.11 Å². The zero-order valence-electron chi connectivity index (χ0n) is 11.7. The van der Waals surface area contributed by atoms with Crippen LogP contribution in [0, 0.1) is 12.7 Å². The van der Waals surface area contributed by atoms with E-state index in [0.29, 0.717) is 18.0 Å². The Kier molecular flexibility index (Phi) is 4.58. The van der Waals surface area contributed by atoms with Gasteiger partial charge < -0.3 is 15.2 Å². The highest BCUT2D eigenvalue weighted by molar-refractivity contribution is 5.42. The van der Waals surface area contributed by atoms with E-state index in [9.17, 15) is 4.39 Å². The fourth-order valence-corrected chi connectivity index (χ4v) is 1.98. The molecule has 0 heterocycles. The van der Waals surface area contributed by atoms with Crippen LogP contribution in [0.3, 0.4) is 0 Å². The first-order valence-corrected chi connectivity index (χ1v) is 6.39. The summed E-state index contributed by atoms with van der Waals surface area (Å²) in [6.07, 6.45) is 0. The van der Waals surface area contributed by atoms with Crippen molar-refractivity contribution in [3.8, 4) is 11.5 Å². The average Bonchev–Trinajstić information content (AvgIpc) is 2.46. The molecule has 0 aliphatic carbocycles. The molecule has 0 unspecified atom stereocenters. The molecule has 0 bridgehead atoms. The van der Waals surface area contributed by atoms with Gasteiger partial charge in [-0.15, -0.1) is 0 Å². The van der Waals surface area contributed by atoms with E-state index in [-0.39, 0.29) is 12.4 Å². The maximum atomic E-state index is 13.3. The summed E-state index contributed by atoms with van der Waals surface area (Å²) in [7, 11) is 1.59. The van der Waals surface area contributed by atoms with Gasteiger partial charge in [-0.2, -0.15) is 0 Å². The van der Waals surface area contributed by atoms with Crippen LogP contribution in [0.4, 0.5) is 4.39 Å². The van der Waals surface area contributed by atoms with Gasteiger partial charge in [-0.1, -0.05) is 12.1 Å². The second-order valence-electron chi connectivity index (χ2n) is 4.56. The molecule has 20 heavy (non-hydrogen) atoms. The van der Waals surface area contributed by atoms with E-state index in [0.717, 1.165) is 16.7 Å². The van der Waals surface area contributed by atoms with Crippen molar-refractivity contribution in [1.29, 1.82) is 0 Å². The number of benzene rings is 2. The summed E-state index contributed by atoms with van der Waals surface area (Å²) in [4.78, 5) is 0. The lowest BCUT2D eigenvalue weighted by Gasteiger charge is -2.13. The Balaban J connectivity index is 2.18. The number of methoxy groups -OCH3 is 1. The second-order valence-corrected chi connectivity index (χ2v) is 4.56. The zero-order chi connectivity index (χ0) is 14.5. The third-order valence-electron chi connectivity index (χ3n) is 3.09. The van der Waals surface area contributed by atoms with Gasteiger partial charge in [0.25, 0.3) is 0 Å². The van der Waals surface area contributed by atoms with Crippen LogP contribution in [0.25, 0.3) is 0 Å². The Morgan fingerprint density at radius 3 is 2.55 bits per heavy atom. The van der Waals surface area contributed by atoms with Crippen LogP contribution in [0.1, 0.15) is 16.7 Å². The van der Waals surface area contributed by atoms with Gasteiger partial charge in [-0.3, -0.25) is 0 Å². The van der Waals surface area contributed by atoms with Crippen LogP contribution in [0.5, 0.6) is 11.5 Å². The summed E-state index contributed by atoms with van der Waals surface area (Å²) < 4.78 is 24.3. The first-order chi connectivity index (χ1) is 9.63. The van der Waals surface area contributed by atoms with Crippen LogP contribution in [-0.2, 0) is 13.2 Å². The quantitative estimate of drug-likeness (QED) is 0.911. The maximum absolute atomic E-state index is 13.3. The van der Waals surface area contributed by atoms with E-state index in [2.05, 4.69) is 0 Å². The lowest BCUT2D eigenvalue weighted by molar-refractivity contribution is 0.283. The smallest absolute Gasteiger partial charge is 0.161 e. The van der Waals surface area contributed by atoms with E-state index in [1.807, 2.05) is 25.1 Å². The van der Waals surface area contributed by atoms with Crippen molar-refractivity contribution in [3.63, 3.8) is 0 Å². The predicted molar refractivity (Wildman–Crippen MR) is 76.4 cm³/mol. The molecular weight excluding hydrogens is 257 g/mol. The minimum absolute atomic E-state index is 0.254. The van der Waals surface area contributed by atoms with Crippen LogP contribution in [-0.4, -0.2) is 7.11 Å². The normalized spacial score (nSPS) is 10.4. The van der Waals surface area contributed by atoms with Gasteiger partial charge in [0.2, 0.25) is 0 Å². The lowest BCUT2D eigenvalue weighted by atomic mass is 10.1. The fraction of sp³-hybridized carbons (Fsp3) is 0.250. The van der Waals surface area contributed by atoms with Crippen molar-refractivity contribution in [2.45, 2.75) is 20.1 Å². The Bertz CT molecular complexity index is 599. The largest absolute Gasteiger partial charge is 0.493 e. The topological polar surface area (TPSA) is 44.5 Å². The van der Waals surface area contributed by atoms with Gasteiger partial charge in [-0.05, 0) is 47.9 Å². The van der Waals surface area contributed by atoms with Crippen LogP contribution in [0.2, 0.25) is 0 Å². The van der Waals surface area contributed by atoms with E-state index >= 15 is 0 Å². The number of rotatable bonds is 5. The molecule has 0 atom stereocenters. The molecule has 0 saturated carbocycles. The predicted octanol–water partition coefficient (Wildman–Crippen LogP) is 3.18. The van der Waals surface area contributed by atoms with Crippen molar-refractivity contribution >= 4 is 0 Å². The molecule has 2 rings (SSSR count). The maximum Gasteiger partial charge on any atom is 0.161 e. The van der Waals surface area contributed by atoms with E-state index in [4.69, 9.17) is 15.2 Å². The van der Waals surface area contributed by atoms with Gasteiger partial charge >= 0.3 is 0 Å². The molecule has 4 heteroatoms. The summed E-state index contributed by atoms with van der Waals surface area (Å²) in [5.41, 5.74) is 8.35. The van der Waals surface area contributed by atoms with Crippen molar-refractivity contribution in [1.82, 2.24) is 0 Å². The molecule has 0 aliphatic heterocycles. The standard InChI is InChI=1S/C16H18FNO2/c1-11-3-6-15(16(7-11)19-2)20-10-13-8-14(17)5-4-12(13)9-18/h3-8H,9-10,18H2,1-2H3. The minimum Gasteiger partial charge on any atom is -0.493 e. The molecule has 0 spiro atoms. The summed E-state index contributed by atoms with van der Waals surface area (Å²) >= 11 is 0. The molecule has 0 radical (unpaired) electrons. The number of hydrogen-bond acceptors (Lipinski definition) is 3. The van der Waals surface area contributed by atoms with Gasteiger partial charge in [0, 0.05) is 6.54 Å². The van der Waals surface area contributed by atoms with Gasteiger partial charge in [-0.25, -0.2) is 4.39 Å². The lowest BCUT2D eigenvalue weighted by Crippen LogP contribution is -2.06. The number of aryl methyl sites for hydroxylation is 1. The summed E-state index contributed by atoms with van der Waals surface area (Å²) in [6.45, 7) is 2.58. The highest BCUT2D eigenvalue weighted by Gasteiger charge is 2.07. The third-order valence-corrected chi connectivity index (χ3v) is 3.09. The van der Waals surface area contributed by atoms with E-state index in [1.165, 1.54) is 12.1 Å². The molecular formula is C16H18FNO2. The van der Waals surface area contributed by atoms with E-state index < -0.39 is 0 Å². The number of nitrogens with two attached hydrogens (primary N) is 1. The van der Waals surface area contributed by atoms with Crippen molar-refractivity contribution in [3.05, 3.63) is 58.9 Å². The monoisotopic (exact) mass is 275 g/mol. The highest BCUT2D eigenvalue weighted by atomic mass is 19.1. The van der Waals surface area contributed by atoms with Gasteiger partial charge in [0.1, 0.15) is 12.4 Å². The molecule has 106 valence electrons. The molecule has 0 amide bonds. The number of halogens is 1. The Labute approximate surface area is 118 Å². The third kappa shape index (κ3) is 3.27. The Hall–Kier alpha value is -2.07. The molecule has 2 aromatic carbocycles. The zero-order valence-corrected chi connectivity index (χ0v) is 11.7. The Morgan fingerprint density at radius 2 is 1.85 bits per heavy atom. The van der Waals surface area contributed by atoms with Crippen LogP contribution < -0.4 is 15.2 Å². The molecule has 0 saturated heterocycles. The SMILES string of the molecule is COc1cc(C)ccc1OCc1cc(F)ccc1CN. The van der Waals surface area contributed by atoms with Gasteiger partial charge in [0.15, 0.2) is 11.5 Å². The fourth-order valence-electron chi connectivity index (χ4n) is 1.98. The summed E-state index contributed by atoms with van der Waals surface area (Å²) in [5, 5.41) is 0. The van der Waals surface area contributed by atoms with Crippen molar-refractivity contribution in [2.24, 2.45) is 5.73 Å². The first kappa shape index (κ1) is 14.3. The number of hydrogen-bond donors (Lipinski definition) is 1. The minimum atomic E-state index is -0.295. The first-order valence-electron chi connectivity index (χ1n) is 6.39. The molecule has 2 aromatic rings. The van der Waals surface area contributed by atoms with Crippen molar-refractivity contribution < 1.29 is 13.9 Å². The molecule has 0 aliphatic rings. The van der Waals surface area contributed by atoms with Crippen LogP contribution >= 0.6 is 0 Å².